The molecule has 294 valence electrons. The Hall–Kier alpha value is -7.16. The summed E-state index contributed by atoms with van der Waals surface area (Å²) in [4.78, 5) is 4.83. The first-order chi connectivity index (χ1) is 29.5. The van der Waals surface area contributed by atoms with Gasteiger partial charge in [-0.3, -0.25) is 0 Å². The normalized spacial score (nSPS) is 11.3. The smallest absolute Gasteiger partial charge is 0.0522 e. The Morgan fingerprint density at radius 3 is 0.933 bits per heavy atom. The lowest BCUT2D eigenvalue weighted by Gasteiger charge is -2.30. The van der Waals surface area contributed by atoms with Gasteiger partial charge in [0, 0.05) is 22.7 Å². The lowest BCUT2D eigenvalue weighted by Crippen LogP contribution is -2.13. The average Bonchev–Trinajstić information content (AvgIpc) is 3.30. The largest absolute Gasteiger partial charge is 0.310 e. The first-order valence-electron chi connectivity index (χ1n) is 21.1. The van der Waals surface area contributed by atoms with E-state index in [2.05, 4.69) is 256 Å². The summed E-state index contributed by atoms with van der Waals surface area (Å²) in [6, 6.07) is 70.1. The molecule has 8 rings (SSSR count). The van der Waals surface area contributed by atoms with Crippen LogP contribution in [0.25, 0.3) is 35.4 Å². The third kappa shape index (κ3) is 8.94. The van der Waals surface area contributed by atoms with Gasteiger partial charge in [-0.15, -0.1) is 0 Å². The number of benzene rings is 8. The van der Waals surface area contributed by atoms with E-state index in [4.69, 9.17) is 0 Å². The van der Waals surface area contributed by atoms with E-state index >= 15 is 0 Å². The predicted octanol–water partition coefficient (Wildman–Crippen LogP) is 16.4. The van der Waals surface area contributed by atoms with Crippen LogP contribution in [-0.2, 0) is 12.8 Å². The summed E-state index contributed by atoms with van der Waals surface area (Å²) in [5.41, 5.74) is 19.3. The highest BCUT2D eigenvalue weighted by atomic mass is 15.2. The molecule has 0 unspecified atom stereocenters. The van der Waals surface area contributed by atoms with Crippen LogP contribution in [0.3, 0.4) is 0 Å². The third-order valence-electron chi connectivity index (χ3n) is 11.3. The van der Waals surface area contributed by atoms with Gasteiger partial charge in [-0.05, 0) is 131 Å². The summed E-state index contributed by atoms with van der Waals surface area (Å²) in [5, 5.41) is 0. The standard InChI is InChI=1S/C58H52N2/c1-5-49-21-13-15-43(3)57(49)59(53-35-27-47(28-36-53)25-23-45-17-9-7-10-18-45)55-39-31-51(32-40-55)52-33-41-56(42-34-52)60(58-44(4)16-14-22-50(58)6-2)54-37-29-48(30-38-54)26-24-46-19-11-8-12-20-46/h7-42H,5-6H2,1-4H3/b25-23+,26-24+. The van der Waals surface area contributed by atoms with Gasteiger partial charge in [0.1, 0.15) is 0 Å². The summed E-state index contributed by atoms with van der Waals surface area (Å²) >= 11 is 0. The number of hydrogen-bond donors (Lipinski definition) is 0. The number of anilines is 6. The van der Waals surface area contributed by atoms with Crippen molar-refractivity contribution >= 4 is 58.4 Å². The molecular weight excluding hydrogens is 725 g/mol. The fourth-order valence-corrected chi connectivity index (χ4v) is 8.05. The molecule has 0 aliphatic heterocycles. The minimum atomic E-state index is 0.949. The molecule has 0 saturated carbocycles. The number of para-hydroxylation sites is 2. The Kier molecular flexibility index (Phi) is 12.3. The van der Waals surface area contributed by atoms with Gasteiger partial charge in [0.2, 0.25) is 0 Å². The van der Waals surface area contributed by atoms with E-state index in [0.717, 1.165) is 35.6 Å². The maximum atomic E-state index is 2.42. The zero-order valence-corrected chi connectivity index (χ0v) is 35.1. The Bertz CT molecular complexity index is 2500. The van der Waals surface area contributed by atoms with Crippen LogP contribution in [0.2, 0.25) is 0 Å². The second-order valence-electron chi connectivity index (χ2n) is 15.3. The maximum absolute atomic E-state index is 2.42. The van der Waals surface area contributed by atoms with Gasteiger partial charge >= 0.3 is 0 Å². The van der Waals surface area contributed by atoms with Crippen molar-refractivity contribution in [3.05, 3.63) is 239 Å². The molecule has 0 N–H and O–H groups in total. The van der Waals surface area contributed by atoms with Crippen LogP contribution in [0, 0.1) is 13.8 Å². The van der Waals surface area contributed by atoms with Gasteiger partial charge in [-0.2, -0.15) is 0 Å². The first-order valence-corrected chi connectivity index (χ1v) is 21.1. The van der Waals surface area contributed by atoms with E-state index in [0.29, 0.717) is 0 Å². The zero-order valence-electron chi connectivity index (χ0n) is 35.1. The van der Waals surface area contributed by atoms with Crippen LogP contribution in [0.4, 0.5) is 34.1 Å². The van der Waals surface area contributed by atoms with Gasteiger partial charge in [0.25, 0.3) is 0 Å². The van der Waals surface area contributed by atoms with Crippen LogP contribution < -0.4 is 9.80 Å². The van der Waals surface area contributed by atoms with Gasteiger partial charge in [0.15, 0.2) is 0 Å². The van der Waals surface area contributed by atoms with Gasteiger partial charge in [-0.1, -0.05) is 184 Å². The highest BCUT2D eigenvalue weighted by Crippen LogP contribution is 2.42. The van der Waals surface area contributed by atoms with Crippen LogP contribution >= 0.6 is 0 Å². The Labute approximate surface area is 357 Å². The highest BCUT2D eigenvalue weighted by Gasteiger charge is 2.20. The molecule has 0 bridgehead atoms. The van der Waals surface area contributed by atoms with E-state index in [-0.39, 0.29) is 0 Å². The van der Waals surface area contributed by atoms with Crippen molar-refractivity contribution in [2.24, 2.45) is 0 Å². The van der Waals surface area contributed by atoms with Crippen molar-refractivity contribution in [1.29, 1.82) is 0 Å². The van der Waals surface area contributed by atoms with E-state index in [1.807, 2.05) is 0 Å². The second-order valence-corrected chi connectivity index (χ2v) is 15.3. The third-order valence-corrected chi connectivity index (χ3v) is 11.3. The quantitative estimate of drug-likeness (QED) is 0.108. The lowest BCUT2D eigenvalue weighted by atomic mass is 10.0. The van der Waals surface area contributed by atoms with Gasteiger partial charge < -0.3 is 9.80 Å². The van der Waals surface area contributed by atoms with Crippen molar-refractivity contribution in [2.45, 2.75) is 40.5 Å². The summed E-state index contributed by atoms with van der Waals surface area (Å²) < 4.78 is 0. The second kappa shape index (κ2) is 18.6. The molecule has 8 aromatic rings. The molecule has 0 saturated heterocycles. The maximum Gasteiger partial charge on any atom is 0.0522 e. The van der Waals surface area contributed by atoms with E-state index in [1.54, 1.807) is 0 Å². The van der Waals surface area contributed by atoms with Crippen molar-refractivity contribution in [3.8, 4) is 11.1 Å². The number of hydrogen-bond acceptors (Lipinski definition) is 2. The molecule has 2 heteroatoms. The zero-order chi connectivity index (χ0) is 41.3. The number of aryl methyl sites for hydroxylation is 4. The van der Waals surface area contributed by atoms with Crippen molar-refractivity contribution in [3.63, 3.8) is 0 Å². The molecule has 0 aromatic heterocycles. The van der Waals surface area contributed by atoms with Gasteiger partial charge in [-0.25, -0.2) is 0 Å². The van der Waals surface area contributed by atoms with Crippen LogP contribution in [0.5, 0.6) is 0 Å². The highest BCUT2D eigenvalue weighted by molar-refractivity contribution is 5.85. The molecule has 0 atom stereocenters. The van der Waals surface area contributed by atoms with Crippen molar-refractivity contribution < 1.29 is 0 Å². The molecule has 0 radical (unpaired) electrons. The summed E-state index contributed by atoms with van der Waals surface area (Å²) in [7, 11) is 0. The fraction of sp³-hybridized carbons (Fsp3) is 0.103. The van der Waals surface area contributed by atoms with Crippen LogP contribution in [-0.4, -0.2) is 0 Å². The fourth-order valence-electron chi connectivity index (χ4n) is 8.05. The molecule has 0 heterocycles. The van der Waals surface area contributed by atoms with E-state index < -0.39 is 0 Å². The molecule has 8 aromatic carbocycles. The van der Waals surface area contributed by atoms with E-state index in [9.17, 15) is 0 Å². The molecule has 60 heavy (non-hydrogen) atoms. The van der Waals surface area contributed by atoms with Crippen LogP contribution in [0.1, 0.15) is 58.4 Å². The Morgan fingerprint density at radius 1 is 0.317 bits per heavy atom. The summed E-state index contributed by atoms with van der Waals surface area (Å²) in [5.74, 6) is 0. The average molecular weight is 777 g/mol. The number of rotatable bonds is 13. The molecule has 0 fully saturated rings. The Balaban J connectivity index is 1.10. The van der Waals surface area contributed by atoms with E-state index in [1.165, 1.54) is 67.0 Å². The Morgan fingerprint density at radius 2 is 0.617 bits per heavy atom. The summed E-state index contributed by atoms with van der Waals surface area (Å²) in [6.07, 6.45) is 10.6. The molecule has 0 aliphatic rings. The first kappa shape index (κ1) is 39.7. The van der Waals surface area contributed by atoms with Crippen LogP contribution in [0.15, 0.2) is 194 Å². The molecular formula is C58H52N2. The summed E-state index contributed by atoms with van der Waals surface area (Å²) in [6.45, 7) is 8.91. The molecule has 2 nitrogen and oxygen atoms in total. The van der Waals surface area contributed by atoms with Crippen molar-refractivity contribution in [1.82, 2.24) is 0 Å². The predicted molar refractivity (Wildman–Crippen MR) is 260 cm³/mol. The van der Waals surface area contributed by atoms with Crippen molar-refractivity contribution in [2.75, 3.05) is 9.80 Å². The minimum absolute atomic E-state index is 0.949. The van der Waals surface area contributed by atoms with Gasteiger partial charge in [0.05, 0.1) is 11.4 Å². The SMILES string of the molecule is CCc1cccc(C)c1N(c1ccc(/C=C/c2ccccc2)cc1)c1ccc(-c2ccc(N(c3ccc(/C=C/c4ccccc4)cc3)c3c(C)cccc3CC)cc2)cc1. The minimum Gasteiger partial charge on any atom is -0.310 e. The molecule has 0 aliphatic carbocycles. The monoisotopic (exact) mass is 776 g/mol. The number of nitrogens with zero attached hydrogens (tertiary/aromatic N) is 2. The molecule has 0 amide bonds. The topological polar surface area (TPSA) is 6.48 Å². The molecule has 0 spiro atoms. The lowest BCUT2D eigenvalue weighted by molar-refractivity contribution is 1.10.